The average Bonchev–Trinajstić information content (AvgIpc) is 2.65. The Hall–Kier alpha value is -2.22. The molecule has 1 aliphatic heterocycles. The van der Waals surface area contributed by atoms with Gasteiger partial charge >= 0.3 is 6.03 Å². The first-order valence-corrected chi connectivity index (χ1v) is 10.3. The summed E-state index contributed by atoms with van der Waals surface area (Å²) < 4.78 is 0. The van der Waals surface area contributed by atoms with Crippen molar-refractivity contribution >= 4 is 35.3 Å². The third kappa shape index (κ3) is 6.46. The second kappa shape index (κ2) is 10.2. The zero-order valence-electron chi connectivity index (χ0n) is 16.1. The topological polar surface area (TPSA) is 90.5 Å². The van der Waals surface area contributed by atoms with Gasteiger partial charge < -0.3 is 15.5 Å². The largest absolute Gasteiger partial charge is 0.376 e. The molecule has 0 aromatic heterocycles. The molecule has 148 valence electrons. The second-order valence-corrected chi connectivity index (χ2v) is 8.11. The molecule has 8 heteroatoms. The van der Waals surface area contributed by atoms with Gasteiger partial charge in [0.2, 0.25) is 5.91 Å². The zero-order valence-corrected chi connectivity index (χ0v) is 16.9. The van der Waals surface area contributed by atoms with Crippen molar-refractivity contribution in [2.24, 2.45) is 5.92 Å². The van der Waals surface area contributed by atoms with Gasteiger partial charge in [0.15, 0.2) is 0 Å². The molecule has 2 rings (SSSR count). The number of rotatable bonds is 6. The predicted octanol–water partition coefficient (Wildman–Crippen LogP) is 2.08. The van der Waals surface area contributed by atoms with Crippen LogP contribution in [0.1, 0.15) is 29.8 Å². The van der Waals surface area contributed by atoms with Gasteiger partial charge in [-0.2, -0.15) is 11.8 Å². The van der Waals surface area contributed by atoms with E-state index in [9.17, 15) is 14.4 Å². The van der Waals surface area contributed by atoms with Crippen LogP contribution in [0.15, 0.2) is 18.2 Å². The summed E-state index contributed by atoms with van der Waals surface area (Å²) in [5.74, 6) is 1.82. The van der Waals surface area contributed by atoms with Gasteiger partial charge in [-0.1, -0.05) is 19.9 Å². The van der Waals surface area contributed by atoms with E-state index in [1.54, 1.807) is 6.07 Å². The molecule has 0 bridgehead atoms. The molecule has 0 unspecified atom stereocenters. The Bertz CT molecular complexity index is 688. The van der Waals surface area contributed by atoms with Crippen molar-refractivity contribution in [3.63, 3.8) is 0 Å². The van der Waals surface area contributed by atoms with E-state index in [0.717, 1.165) is 30.2 Å². The van der Waals surface area contributed by atoms with Crippen LogP contribution < -0.4 is 16.0 Å². The average molecular weight is 393 g/mol. The Kier molecular flexibility index (Phi) is 7.97. The number of urea groups is 1. The summed E-state index contributed by atoms with van der Waals surface area (Å²) in [4.78, 5) is 38.2. The van der Waals surface area contributed by atoms with Gasteiger partial charge in [-0.25, -0.2) is 4.79 Å². The van der Waals surface area contributed by atoms with Gasteiger partial charge in [0.05, 0.1) is 6.54 Å². The van der Waals surface area contributed by atoms with Gasteiger partial charge in [0, 0.05) is 42.4 Å². The summed E-state index contributed by atoms with van der Waals surface area (Å²) in [7, 11) is 0. The molecule has 0 atom stereocenters. The third-order valence-electron chi connectivity index (χ3n) is 4.23. The summed E-state index contributed by atoms with van der Waals surface area (Å²) in [6, 6.07) is 4.93. The quantitative estimate of drug-likeness (QED) is 0.690. The van der Waals surface area contributed by atoms with Crippen molar-refractivity contribution in [2.45, 2.75) is 20.8 Å². The Morgan fingerprint density at radius 3 is 2.56 bits per heavy atom. The Morgan fingerprint density at radius 1 is 1.19 bits per heavy atom. The number of hydrogen-bond donors (Lipinski definition) is 3. The molecule has 4 amide bonds. The first-order valence-electron chi connectivity index (χ1n) is 9.16. The van der Waals surface area contributed by atoms with Gasteiger partial charge in [-0.05, 0) is 30.5 Å². The minimum absolute atomic E-state index is 0.0222. The van der Waals surface area contributed by atoms with Crippen LogP contribution in [0.5, 0.6) is 0 Å². The highest BCUT2D eigenvalue weighted by Gasteiger charge is 2.21. The van der Waals surface area contributed by atoms with E-state index in [4.69, 9.17) is 0 Å². The third-order valence-corrected chi connectivity index (χ3v) is 5.17. The lowest BCUT2D eigenvalue weighted by atomic mass is 10.1. The molecule has 27 heavy (non-hydrogen) atoms. The molecule has 1 aromatic rings. The first kappa shape index (κ1) is 21.1. The van der Waals surface area contributed by atoms with Crippen LogP contribution in [0.4, 0.5) is 10.5 Å². The number of imide groups is 1. The number of nitrogens with one attached hydrogen (secondary N) is 3. The lowest BCUT2D eigenvalue weighted by Gasteiger charge is -2.27. The monoisotopic (exact) mass is 392 g/mol. The first-order chi connectivity index (χ1) is 12.9. The van der Waals surface area contributed by atoms with Gasteiger partial charge in [0.25, 0.3) is 5.91 Å². The molecule has 0 spiro atoms. The zero-order chi connectivity index (χ0) is 19.8. The number of amides is 4. The number of hydrogen-bond acceptors (Lipinski definition) is 5. The maximum Gasteiger partial charge on any atom is 0.321 e. The van der Waals surface area contributed by atoms with Crippen LogP contribution in [0.3, 0.4) is 0 Å². The van der Waals surface area contributed by atoms with Crippen LogP contribution in [0.25, 0.3) is 0 Å². The fourth-order valence-corrected chi connectivity index (χ4v) is 3.59. The summed E-state index contributed by atoms with van der Waals surface area (Å²) in [5, 5.41) is 7.93. The van der Waals surface area contributed by atoms with E-state index in [-0.39, 0.29) is 12.5 Å². The molecule has 0 radical (unpaired) electrons. The van der Waals surface area contributed by atoms with Crippen molar-refractivity contribution in [1.82, 2.24) is 15.5 Å². The molecule has 1 fully saturated rings. The highest BCUT2D eigenvalue weighted by molar-refractivity contribution is 7.99. The fraction of sp³-hybridized carbons (Fsp3) is 0.526. The van der Waals surface area contributed by atoms with E-state index in [1.807, 2.05) is 49.6 Å². The molecule has 1 aromatic carbocycles. The van der Waals surface area contributed by atoms with Gasteiger partial charge in [0.1, 0.15) is 0 Å². The maximum absolute atomic E-state index is 12.7. The molecular weight excluding hydrogens is 364 g/mol. The molecular formula is C19H28N4O3S. The van der Waals surface area contributed by atoms with Crippen molar-refractivity contribution in [3.8, 4) is 0 Å². The lowest BCUT2D eigenvalue weighted by molar-refractivity contribution is -0.118. The molecule has 7 nitrogen and oxygen atoms in total. The number of carbonyl (C=O) groups excluding carboxylic acids is 3. The summed E-state index contributed by atoms with van der Waals surface area (Å²) in [6.45, 7) is 7.79. The van der Waals surface area contributed by atoms with Crippen molar-refractivity contribution in [1.29, 1.82) is 0 Å². The van der Waals surface area contributed by atoms with E-state index < -0.39 is 11.9 Å². The molecule has 3 N–H and O–H groups in total. The van der Waals surface area contributed by atoms with Crippen LogP contribution in [0, 0.1) is 12.8 Å². The SMILES string of the molecule is Cc1c(NCC(=O)NC(=O)NCC(C)C)cccc1C(=O)N1CCSCC1. The van der Waals surface area contributed by atoms with Gasteiger partial charge in [-0.15, -0.1) is 0 Å². The fourth-order valence-electron chi connectivity index (χ4n) is 2.68. The molecule has 1 aliphatic rings. The van der Waals surface area contributed by atoms with Crippen LogP contribution in [-0.4, -0.2) is 60.4 Å². The Labute approximate surface area is 164 Å². The molecule has 1 saturated heterocycles. The molecule has 0 saturated carbocycles. The maximum atomic E-state index is 12.7. The highest BCUT2D eigenvalue weighted by Crippen LogP contribution is 2.21. The molecule has 1 heterocycles. The van der Waals surface area contributed by atoms with Crippen molar-refractivity contribution < 1.29 is 14.4 Å². The number of nitrogens with zero attached hydrogens (tertiary/aromatic N) is 1. The van der Waals surface area contributed by atoms with E-state index in [0.29, 0.717) is 23.7 Å². The summed E-state index contributed by atoms with van der Waals surface area (Å²) >= 11 is 1.86. The van der Waals surface area contributed by atoms with Gasteiger partial charge in [-0.3, -0.25) is 14.9 Å². The van der Waals surface area contributed by atoms with E-state index in [2.05, 4.69) is 16.0 Å². The van der Waals surface area contributed by atoms with E-state index in [1.165, 1.54) is 0 Å². The smallest absolute Gasteiger partial charge is 0.321 e. The number of anilines is 1. The van der Waals surface area contributed by atoms with Crippen molar-refractivity contribution in [2.75, 3.05) is 43.0 Å². The lowest BCUT2D eigenvalue weighted by Crippen LogP contribution is -2.43. The van der Waals surface area contributed by atoms with E-state index >= 15 is 0 Å². The Morgan fingerprint density at radius 2 is 1.89 bits per heavy atom. The number of carbonyl (C=O) groups is 3. The van der Waals surface area contributed by atoms with Crippen LogP contribution in [0.2, 0.25) is 0 Å². The molecule has 0 aliphatic carbocycles. The van der Waals surface area contributed by atoms with Crippen LogP contribution in [-0.2, 0) is 4.79 Å². The summed E-state index contributed by atoms with van der Waals surface area (Å²) in [5.41, 5.74) is 2.16. The van der Waals surface area contributed by atoms with Crippen molar-refractivity contribution in [3.05, 3.63) is 29.3 Å². The number of thioether (sulfide) groups is 1. The second-order valence-electron chi connectivity index (χ2n) is 6.89. The minimum Gasteiger partial charge on any atom is -0.376 e. The Balaban J connectivity index is 1.92. The predicted molar refractivity (Wildman–Crippen MR) is 109 cm³/mol. The summed E-state index contributed by atoms with van der Waals surface area (Å²) in [6.07, 6.45) is 0. The number of benzene rings is 1. The normalized spacial score (nSPS) is 14.0. The highest BCUT2D eigenvalue weighted by atomic mass is 32.2. The minimum atomic E-state index is -0.501. The van der Waals surface area contributed by atoms with Crippen LogP contribution >= 0.6 is 11.8 Å². The standard InChI is InChI=1S/C19H28N4O3S/c1-13(2)11-21-19(26)22-17(24)12-20-16-6-4-5-15(14(16)3)18(25)23-7-9-27-10-8-23/h4-6,13,20H,7-12H2,1-3H3,(H2,21,22,24,26).